The Balaban J connectivity index is 1.84. The first-order chi connectivity index (χ1) is 13.4. The van der Waals surface area contributed by atoms with Gasteiger partial charge in [-0.15, -0.1) is 0 Å². The SMILES string of the molecule is COc1ccc(S(=O)(=O)N(C)c2cccc(C(=O)Nc3ccccc3)c2)cc1. The van der Waals surface area contributed by atoms with Crippen molar-refractivity contribution in [2.75, 3.05) is 23.8 Å². The summed E-state index contributed by atoms with van der Waals surface area (Å²) in [5, 5.41) is 2.79. The normalized spacial score (nSPS) is 10.9. The zero-order valence-corrected chi connectivity index (χ0v) is 16.3. The highest BCUT2D eigenvalue weighted by Crippen LogP contribution is 2.24. The average molecular weight is 396 g/mol. The summed E-state index contributed by atoms with van der Waals surface area (Å²) >= 11 is 0. The van der Waals surface area contributed by atoms with Crippen LogP contribution in [-0.2, 0) is 10.0 Å². The fraction of sp³-hybridized carbons (Fsp3) is 0.0952. The maximum absolute atomic E-state index is 12.9. The third-order valence-corrected chi connectivity index (χ3v) is 6.02. The third-order valence-electron chi connectivity index (χ3n) is 4.22. The second-order valence-electron chi connectivity index (χ2n) is 6.02. The summed E-state index contributed by atoms with van der Waals surface area (Å²) in [6.07, 6.45) is 0. The number of ether oxygens (including phenoxy) is 1. The quantitative estimate of drug-likeness (QED) is 0.688. The van der Waals surface area contributed by atoms with Crippen LogP contribution in [0.2, 0.25) is 0 Å². The number of anilines is 2. The molecule has 0 unspecified atom stereocenters. The van der Waals surface area contributed by atoms with Crippen LogP contribution in [0.4, 0.5) is 11.4 Å². The number of benzene rings is 3. The molecule has 3 aromatic carbocycles. The molecule has 0 fully saturated rings. The van der Waals surface area contributed by atoms with Crippen LogP contribution in [0.3, 0.4) is 0 Å². The molecule has 7 heteroatoms. The standard InChI is InChI=1S/C21H20N2O4S/c1-23(28(25,26)20-13-11-19(27-2)12-14-20)18-10-6-7-16(15-18)21(24)22-17-8-4-3-5-9-17/h3-15H,1-2H3,(H,22,24). The second-order valence-corrected chi connectivity index (χ2v) is 7.99. The molecule has 0 aliphatic heterocycles. The molecule has 0 saturated heterocycles. The predicted octanol–water partition coefficient (Wildman–Crippen LogP) is 3.77. The summed E-state index contributed by atoms with van der Waals surface area (Å²) < 4.78 is 32.0. The van der Waals surface area contributed by atoms with Crippen molar-refractivity contribution in [1.82, 2.24) is 0 Å². The van der Waals surface area contributed by atoms with Gasteiger partial charge in [-0.1, -0.05) is 24.3 Å². The van der Waals surface area contributed by atoms with E-state index in [9.17, 15) is 13.2 Å². The van der Waals surface area contributed by atoms with Crippen LogP contribution < -0.4 is 14.4 Å². The molecule has 1 N–H and O–H groups in total. The first-order valence-corrected chi connectivity index (χ1v) is 9.95. The molecular weight excluding hydrogens is 376 g/mol. The highest BCUT2D eigenvalue weighted by Gasteiger charge is 2.22. The number of hydrogen-bond donors (Lipinski definition) is 1. The smallest absolute Gasteiger partial charge is 0.264 e. The number of carbonyl (C=O) groups excluding carboxylic acids is 1. The zero-order chi connectivity index (χ0) is 20.1. The molecule has 0 radical (unpaired) electrons. The monoisotopic (exact) mass is 396 g/mol. The predicted molar refractivity (Wildman–Crippen MR) is 109 cm³/mol. The first-order valence-electron chi connectivity index (χ1n) is 8.51. The Labute approximate surface area is 164 Å². The maximum Gasteiger partial charge on any atom is 0.264 e. The molecule has 0 aliphatic rings. The van der Waals surface area contributed by atoms with Crippen LogP contribution >= 0.6 is 0 Å². The minimum atomic E-state index is -3.77. The Kier molecular flexibility index (Phi) is 5.65. The zero-order valence-electron chi connectivity index (χ0n) is 15.5. The molecule has 6 nitrogen and oxygen atoms in total. The lowest BCUT2D eigenvalue weighted by Crippen LogP contribution is -2.26. The van der Waals surface area contributed by atoms with E-state index in [4.69, 9.17) is 4.74 Å². The number of methoxy groups -OCH3 is 1. The number of nitrogens with one attached hydrogen (secondary N) is 1. The van der Waals surface area contributed by atoms with Crippen molar-refractivity contribution in [3.63, 3.8) is 0 Å². The molecule has 3 aromatic rings. The van der Waals surface area contributed by atoms with Crippen LogP contribution in [0.5, 0.6) is 5.75 Å². The van der Waals surface area contributed by atoms with Gasteiger partial charge in [0.15, 0.2) is 0 Å². The molecule has 0 saturated carbocycles. The molecule has 0 heterocycles. The summed E-state index contributed by atoms with van der Waals surface area (Å²) in [7, 11) is -0.805. The minimum Gasteiger partial charge on any atom is -0.497 e. The van der Waals surface area contributed by atoms with E-state index in [1.807, 2.05) is 18.2 Å². The third kappa shape index (κ3) is 4.15. The summed E-state index contributed by atoms with van der Waals surface area (Å²) in [5.41, 5.74) is 1.41. The molecule has 3 rings (SSSR count). The van der Waals surface area contributed by atoms with Gasteiger partial charge < -0.3 is 10.1 Å². The fourth-order valence-corrected chi connectivity index (χ4v) is 3.80. The van der Waals surface area contributed by atoms with Crippen molar-refractivity contribution in [1.29, 1.82) is 0 Å². The number of carbonyl (C=O) groups is 1. The molecule has 0 spiro atoms. The van der Waals surface area contributed by atoms with Gasteiger partial charge in [-0.25, -0.2) is 8.42 Å². The van der Waals surface area contributed by atoms with Crippen LogP contribution in [-0.4, -0.2) is 28.5 Å². The van der Waals surface area contributed by atoms with Crippen molar-refractivity contribution in [3.8, 4) is 5.75 Å². The number of para-hydroxylation sites is 1. The summed E-state index contributed by atoms with van der Waals surface area (Å²) in [4.78, 5) is 12.6. The van der Waals surface area contributed by atoms with Crippen LogP contribution in [0.25, 0.3) is 0 Å². The van der Waals surface area contributed by atoms with Crippen LogP contribution in [0, 0.1) is 0 Å². The van der Waals surface area contributed by atoms with E-state index in [1.165, 1.54) is 26.3 Å². The lowest BCUT2D eigenvalue weighted by molar-refractivity contribution is 0.102. The lowest BCUT2D eigenvalue weighted by Gasteiger charge is -2.20. The number of nitrogens with zero attached hydrogens (tertiary/aromatic N) is 1. The van der Waals surface area contributed by atoms with Crippen molar-refractivity contribution in [2.24, 2.45) is 0 Å². The van der Waals surface area contributed by atoms with E-state index in [0.29, 0.717) is 22.7 Å². The Morgan fingerprint density at radius 3 is 2.25 bits per heavy atom. The Morgan fingerprint density at radius 2 is 1.61 bits per heavy atom. The molecule has 0 aromatic heterocycles. The Hall–Kier alpha value is -3.32. The highest BCUT2D eigenvalue weighted by atomic mass is 32.2. The summed E-state index contributed by atoms with van der Waals surface area (Å²) in [6.45, 7) is 0. The van der Waals surface area contributed by atoms with Gasteiger partial charge in [-0.2, -0.15) is 0 Å². The minimum absolute atomic E-state index is 0.134. The van der Waals surface area contributed by atoms with E-state index in [0.717, 1.165) is 4.31 Å². The molecular formula is C21H20N2O4S. The van der Waals surface area contributed by atoms with E-state index >= 15 is 0 Å². The number of sulfonamides is 1. The van der Waals surface area contributed by atoms with E-state index in [-0.39, 0.29) is 10.8 Å². The topological polar surface area (TPSA) is 75.7 Å². The van der Waals surface area contributed by atoms with Gasteiger partial charge in [0.2, 0.25) is 0 Å². The molecule has 1 amide bonds. The summed E-state index contributed by atoms with van der Waals surface area (Å²) in [5.74, 6) is 0.254. The highest BCUT2D eigenvalue weighted by molar-refractivity contribution is 7.92. The number of rotatable bonds is 6. The van der Waals surface area contributed by atoms with Gasteiger partial charge in [0.05, 0.1) is 17.7 Å². The first kappa shape index (κ1) is 19.4. The van der Waals surface area contributed by atoms with Crippen molar-refractivity contribution in [2.45, 2.75) is 4.90 Å². The fourth-order valence-electron chi connectivity index (χ4n) is 2.61. The van der Waals surface area contributed by atoms with Crippen molar-refractivity contribution in [3.05, 3.63) is 84.4 Å². The van der Waals surface area contributed by atoms with Crippen LogP contribution in [0.1, 0.15) is 10.4 Å². The number of hydrogen-bond acceptors (Lipinski definition) is 4. The molecule has 28 heavy (non-hydrogen) atoms. The molecule has 0 bridgehead atoms. The van der Waals surface area contributed by atoms with E-state index < -0.39 is 10.0 Å². The largest absolute Gasteiger partial charge is 0.497 e. The Bertz CT molecular complexity index is 1070. The molecule has 0 aliphatic carbocycles. The van der Waals surface area contributed by atoms with Gasteiger partial charge in [-0.05, 0) is 54.6 Å². The van der Waals surface area contributed by atoms with Crippen LogP contribution in [0.15, 0.2) is 83.8 Å². The molecule has 144 valence electrons. The van der Waals surface area contributed by atoms with Gasteiger partial charge in [0, 0.05) is 18.3 Å². The Morgan fingerprint density at radius 1 is 0.929 bits per heavy atom. The molecule has 0 atom stereocenters. The van der Waals surface area contributed by atoms with Crippen molar-refractivity contribution < 1.29 is 17.9 Å². The van der Waals surface area contributed by atoms with E-state index in [2.05, 4.69) is 5.32 Å². The number of amides is 1. The lowest BCUT2D eigenvalue weighted by atomic mass is 10.2. The van der Waals surface area contributed by atoms with Gasteiger partial charge in [-0.3, -0.25) is 9.10 Å². The van der Waals surface area contributed by atoms with E-state index in [1.54, 1.807) is 48.5 Å². The summed E-state index contributed by atoms with van der Waals surface area (Å²) in [6, 6.07) is 21.7. The second kappa shape index (κ2) is 8.14. The maximum atomic E-state index is 12.9. The van der Waals surface area contributed by atoms with Gasteiger partial charge >= 0.3 is 0 Å². The van der Waals surface area contributed by atoms with Gasteiger partial charge in [0.1, 0.15) is 5.75 Å². The van der Waals surface area contributed by atoms with Gasteiger partial charge in [0.25, 0.3) is 15.9 Å². The van der Waals surface area contributed by atoms with Crippen molar-refractivity contribution >= 4 is 27.3 Å². The average Bonchev–Trinajstić information content (AvgIpc) is 2.74.